The molecule has 1 aromatic rings. The number of hydrogen-bond acceptors (Lipinski definition) is 4. The minimum Gasteiger partial charge on any atom is -0.490 e. The molecule has 5 nitrogen and oxygen atoms in total. The van der Waals surface area contributed by atoms with Crippen LogP contribution < -0.4 is 4.74 Å². The van der Waals surface area contributed by atoms with E-state index < -0.39 is 10.5 Å². The van der Waals surface area contributed by atoms with Crippen molar-refractivity contribution in [3.63, 3.8) is 0 Å². The third-order valence-corrected chi connectivity index (χ3v) is 3.50. The van der Waals surface area contributed by atoms with Crippen LogP contribution in [0.1, 0.15) is 37.8 Å². The van der Waals surface area contributed by atoms with Crippen LogP contribution in [0.2, 0.25) is 0 Å². The molecule has 0 spiro atoms. The SMILES string of the molecule is CCC(O)(CC)COc1cc([N+](=O)[O-])c(C)cc1C. The van der Waals surface area contributed by atoms with Crippen LogP contribution in [0.4, 0.5) is 5.69 Å². The standard InChI is InChI=1S/C14H21NO4/c1-5-14(16,6-2)9-19-13-8-12(15(17)18)10(3)7-11(13)4/h7-8,16H,5-6,9H2,1-4H3. The molecule has 0 aromatic heterocycles. The molecule has 0 amide bonds. The van der Waals surface area contributed by atoms with Crippen LogP contribution in [0, 0.1) is 24.0 Å². The van der Waals surface area contributed by atoms with Crippen LogP contribution >= 0.6 is 0 Å². The highest BCUT2D eigenvalue weighted by atomic mass is 16.6. The number of rotatable bonds is 6. The Kier molecular flexibility index (Phi) is 4.89. The van der Waals surface area contributed by atoms with Gasteiger partial charge in [0.05, 0.1) is 16.6 Å². The van der Waals surface area contributed by atoms with Crippen LogP contribution in [0.3, 0.4) is 0 Å². The molecule has 0 fully saturated rings. The predicted molar refractivity (Wildman–Crippen MR) is 73.6 cm³/mol. The van der Waals surface area contributed by atoms with Gasteiger partial charge in [0, 0.05) is 5.56 Å². The lowest BCUT2D eigenvalue weighted by atomic mass is 9.99. The molecular weight excluding hydrogens is 246 g/mol. The summed E-state index contributed by atoms with van der Waals surface area (Å²) in [7, 11) is 0. The zero-order valence-electron chi connectivity index (χ0n) is 11.9. The summed E-state index contributed by atoms with van der Waals surface area (Å²) in [4.78, 5) is 10.5. The molecule has 0 heterocycles. The van der Waals surface area contributed by atoms with Gasteiger partial charge in [0.25, 0.3) is 5.69 Å². The van der Waals surface area contributed by atoms with E-state index in [2.05, 4.69) is 0 Å². The van der Waals surface area contributed by atoms with Crippen molar-refractivity contribution in [1.29, 1.82) is 0 Å². The molecule has 0 saturated carbocycles. The Bertz CT molecular complexity index is 467. The van der Waals surface area contributed by atoms with Crippen LogP contribution in [0.5, 0.6) is 5.75 Å². The Morgan fingerprint density at radius 2 is 1.84 bits per heavy atom. The average molecular weight is 267 g/mol. The minimum atomic E-state index is -0.883. The van der Waals surface area contributed by atoms with Crippen molar-refractivity contribution in [3.05, 3.63) is 33.4 Å². The molecule has 5 heteroatoms. The fraction of sp³-hybridized carbons (Fsp3) is 0.571. The van der Waals surface area contributed by atoms with Crippen LogP contribution in [-0.2, 0) is 0 Å². The molecule has 0 atom stereocenters. The molecule has 0 aliphatic carbocycles. The van der Waals surface area contributed by atoms with E-state index in [0.29, 0.717) is 24.2 Å². The fourth-order valence-electron chi connectivity index (χ4n) is 1.84. The first-order chi connectivity index (χ1) is 8.83. The van der Waals surface area contributed by atoms with Crippen molar-refractivity contribution in [1.82, 2.24) is 0 Å². The van der Waals surface area contributed by atoms with Crippen LogP contribution in [0.25, 0.3) is 0 Å². The number of aryl methyl sites for hydroxylation is 2. The number of nitrogens with zero attached hydrogens (tertiary/aromatic N) is 1. The first-order valence-corrected chi connectivity index (χ1v) is 6.43. The molecule has 0 aliphatic heterocycles. The van der Waals surface area contributed by atoms with Crippen molar-refractivity contribution in [2.45, 2.75) is 46.1 Å². The molecule has 0 radical (unpaired) electrons. The summed E-state index contributed by atoms with van der Waals surface area (Å²) in [5.41, 5.74) is 0.595. The second-order valence-corrected chi connectivity index (χ2v) is 4.88. The van der Waals surface area contributed by atoms with E-state index in [-0.39, 0.29) is 12.3 Å². The third kappa shape index (κ3) is 3.67. The van der Waals surface area contributed by atoms with Gasteiger partial charge in [-0.3, -0.25) is 10.1 Å². The maximum atomic E-state index is 10.9. The van der Waals surface area contributed by atoms with Gasteiger partial charge >= 0.3 is 0 Å². The normalized spacial score (nSPS) is 11.4. The van der Waals surface area contributed by atoms with E-state index in [1.54, 1.807) is 13.0 Å². The molecule has 1 aromatic carbocycles. The first-order valence-electron chi connectivity index (χ1n) is 6.43. The van der Waals surface area contributed by atoms with Gasteiger partial charge in [0.15, 0.2) is 0 Å². The summed E-state index contributed by atoms with van der Waals surface area (Å²) in [6.07, 6.45) is 1.16. The summed E-state index contributed by atoms with van der Waals surface area (Å²) < 4.78 is 5.58. The molecule has 0 aliphatic rings. The zero-order chi connectivity index (χ0) is 14.6. The second-order valence-electron chi connectivity index (χ2n) is 4.88. The second kappa shape index (κ2) is 6.02. The Balaban J connectivity index is 2.96. The van der Waals surface area contributed by atoms with Crippen molar-refractivity contribution in [3.8, 4) is 5.75 Å². The summed E-state index contributed by atoms with van der Waals surface area (Å²) in [5.74, 6) is 0.456. The first kappa shape index (κ1) is 15.4. The van der Waals surface area contributed by atoms with E-state index >= 15 is 0 Å². The lowest BCUT2D eigenvalue weighted by molar-refractivity contribution is -0.385. The lowest BCUT2D eigenvalue weighted by Crippen LogP contribution is -2.34. The summed E-state index contributed by atoms with van der Waals surface area (Å²) in [6.45, 7) is 7.45. The monoisotopic (exact) mass is 267 g/mol. The van der Waals surface area contributed by atoms with Gasteiger partial charge in [0.1, 0.15) is 12.4 Å². The molecule has 106 valence electrons. The van der Waals surface area contributed by atoms with Crippen molar-refractivity contribution < 1.29 is 14.8 Å². The number of nitro benzene ring substituents is 1. The smallest absolute Gasteiger partial charge is 0.276 e. The number of ether oxygens (including phenoxy) is 1. The molecule has 0 saturated heterocycles. The number of benzene rings is 1. The molecule has 19 heavy (non-hydrogen) atoms. The summed E-state index contributed by atoms with van der Waals surface area (Å²) in [6, 6.07) is 3.15. The van der Waals surface area contributed by atoms with Gasteiger partial charge in [-0.05, 0) is 38.3 Å². The van der Waals surface area contributed by atoms with Gasteiger partial charge in [-0.2, -0.15) is 0 Å². The quantitative estimate of drug-likeness (QED) is 0.634. The minimum absolute atomic E-state index is 0.0390. The largest absolute Gasteiger partial charge is 0.490 e. The molecule has 0 unspecified atom stereocenters. The highest BCUT2D eigenvalue weighted by Crippen LogP contribution is 2.29. The topological polar surface area (TPSA) is 72.6 Å². The zero-order valence-corrected chi connectivity index (χ0v) is 11.9. The Morgan fingerprint density at radius 3 is 2.32 bits per heavy atom. The summed E-state index contributed by atoms with van der Waals surface area (Å²) in [5, 5.41) is 21.1. The maximum absolute atomic E-state index is 10.9. The van der Waals surface area contributed by atoms with Crippen molar-refractivity contribution in [2.24, 2.45) is 0 Å². The lowest BCUT2D eigenvalue weighted by Gasteiger charge is -2.25. The number of aliphatic hydroxyl groups is 1. The van der Waals surface area contributed by atoms with E-state index in [1.165, 1.54) is 6.07 Å². The van der Waals surface area contributed by atoms with Gasteiger partial charge < -0.3 is 9.84 Å². The highest BCUT2D eigenvalue weighted by molar-refractivity contribution is 5.49. The Hall–Kier alpha value is -1.62. The highest BCUT2D eigenvalue weighted by Gasteiger charge is 2.24. The van der Waals surface area contributed by atoms with Crippen molar-refractivity contribution in [2.75, 3.05) is 6.61 Å². The van der Waals surface area contributed by atoms with Gasteiger partial charge in [0.2, 0.25) is 0 Å². The van der Waals surface area contributed by atoms with E-state index in [4.69, 9.17) is 4.74 Å². The number of nitro groups is 1. The maximum Gasteiger partial charge on any atom is 0.276 e. The van der Waals surface area contributed by atoms with E-state index in [1.807, 2.05) is 20.8 Å². The van der Waals surface area contributed by atoms with Crippen LogP contribution in [0.15, 0.2) is 12.1 Å². The van der Waals surface area contributed by atoms with Gasteiger partial charge in [-0.25, -0.2) is 0 Å². The molecule has 0 bridgehead atoms. The van der Waals surface area contributed by atoms with Gasteiger partial charge in [-0.1, -0.05) is 13.8 Å². The Labute approximate surface area is 113 Å². The van der Waals surface area contributed by atoms with E-state index in [0.717, 1.165) is 5.56 Å². The summed E-state index contributed by atoms with van der Waals surface area (Å²) >= 11 is 0. The van der Waals surface area contributed by atoms with Gasteiger partial charge in [-0.15, -0.1) is 0 Å². The molecule has 1 rings (SSSR count). The van der Waals surface area contributed by atoms with Crippen molar-refractivity contribution >= 4 is 5.69 Å². The fourth-order valence-corrected chi connectivity index (χ4v) is 1.84. The molecular formula is C14H21NO4. The Morgan fingerprint density at radius 1 is 1.26 bits per heavy atom. The number of hydrogen-bond donors (Lipinski definition) is 1. The third-order valence-electron chi connectivity index (χ3n) is 3.50. The average Bonchev–Trinajstić information content (AvgIpc) is 2.37. The van der Waals surface area contributed by atoms with Crippen LogP contribution in [-0.4, -0.2) is 22.2 Å². The molecule has 1 N–H and O–H groups in total. The predicted octanol–water partition coefficient (Wildman–Crippen LogP) is 3.14. The van der Waals surface area contributed by atoms with E-state index in [9.17, 15) is 15.2 Å².